The maximum absolute atomic E-state index is 5.68. The summed E-state index contributed by atoms with van der Waals surface area (Å²) in [5.74, 6) is 0. The molecule has 0 spiro atoms. The second-order valence-corrected chi connectivity index (χ2v) is 5.80. The van der Waals surface area contributed by atoms with E-state index in [1.54, 1.807) is 27.7 Å². The van der Waals surface area contributed by atoms with Crippen molar-refractivity contribution < 1.29 is 0 Å². The second kappa shape index (κ2) is 6.55. The molecule has 0 bridgehead atoms. The van der Waals surface area contributed by atoms with Crippen LogP contribution in [0.15, 0.2) is 58.7 Å². The zero-order chi connectivity index (χ0) is 12.0. The minimum atomic E-state index is 0.541. The van der Waals surface area contributed by atoms with Crippen LogP contribution >= 0.6 is 21.6 Å². The molecule has 0 aromatic heterocycles. The Balaban J connectivity index is 2.35. The molecule has 0 heterocycles. The molecule has 1 aliphatic carbocycles. The topological polar surface area (TPSA) is 52.0 Å². The van der Waals surface area contributed by atoms with Gasteiger partial charge in [-0.05, 0) is 36.0 Å². The fraction of sp³-hybridized carbons (Fsp3) is 0.167. The van der Waals surface area contributed by atoms with Gasteiger partial charge in [-0.25, -0.2) is 0 Å². The Labute approximate surface area is 105 Å². The number of rotatable bonds is 5. The van der Waals surface area contributed by atoms with Gasteiger partial charge in [0.25, 0.3) is 0 Å². The fourth-order valence-electron chi connectivity index (χ4n) is 1.04. The third-order valence-electron chi connectivity index (χ3n) is 1.88. The molecule has 0 aliphatic heterocycles. The number of hydrogen-bond acceptors (Lipinski definition) is 4. The lowest BCUT2D eigenvalue weighted by Crippen LogP contribution is -1.99. The highest BCUT2D eigenvalue weighted by molar-refractivity contribution is 8.79. The van der Waals surface area contributed by atoms with E-state index < -0.39 is 0 Å². The van der Waals surface area contributed by atoms with Crippen LogP contribution in [0.4, 0.5) is 0 Å². The van der Waals surface area contributed by atoms with Crippen LogP contribution in [0.5, 0.6) is 0 Å². The van der Waals surface area contributed by atoms with Gasteiger partial charge in [0.15, 0.2) is 0 Å². The minimum Gasteiger partial charge on any atom is -0.402 e. The zero-order valence-corrected chi connectivity index (χ0v) is 10.7. The summed E-state index contributed by atoms with van der Waals surface area (Å²) in [5.41, 5.74) is 12.6. The van der Waals surface area contributed by atoms with Crippen LogP contribution in [0.1, 0.15) is 12.8 Å². The van der Waals surface area contributed by atoms with Crippen LogP contribution in [-0.2, 0) is 0 Å². The van der Waals surface area contributed by atoms with Crippen molar-refractivity contribution in [3.63, 3.8) is 0 Å². The summed E-state index contributed by atoms with van der Waals surface area (Å²) in [6.07, 6.45) is 9.61. The molecule has 1 aliphatic rings. The first-order valence-electron chi connectivity index (χ1n) is 4.89. The molecule has 4 N–H and O–H groups in total. The molecule has 0 atom stereocenters. The van der Waals surface area contributed by atoms with E-state index in [2.05, 4.69) is 19.2 Å². The van der Waals surface area contributed by atoms with Crippen LogP contribution in [0.3, 0.4) is 0 Å². The van der Waals surface area contributed by atoms with Crippen LogP contribution in [0.2, 0.25) is 0 Å². The van der Waals surface area contributed by atoms with Gasteiger partial charge >= 0.3 is 0 Å². The molecule has 0 amide bonds. The maximum Gasteiger partial charge on any atom is 0.0241 e. The number of nitrogens with two attached hydrogens (primary N) is 2. The average Bonchev–Trinajstić information content (AvgIpc) is 2.25. The van der Waals surface area contributed by atoms with Crippen molar-refractivity contribution in [3.8, 4) is 0 Å². The summed E-state index contributed by atoms with van der Waals surface area (Å²) in [6, 6.07) is 0. The molecule has 0 aromatic rings. The van der Waals surface area contributed by atoms with Gasteiger partial charge < -0.3 is 11.5 Å². The monoisotopic (exact) mass is 252 g/mol. The van der Waals surface area contributed by atoms with E-state index >= 15 is 0 Å². The molecular weight excluding hydrogens is 236 g/mol. The molecule has 0 fully saturated rings. The van der Waals surface area contributed by atoms with E-state index in [9.17, 15) is 0 Å². The highest BCUT2D eigenvalue weighted by atomic mass is 33.1. The lowest BCUT2D eigenvalue weighted by molar-refractivity contribution is 0.934. The lowest BCUT2D eigenvalue weighted by atomic mass is 10.1. The molecule has 0 saturated heterocycles. The standard InChI is InChI=1S/C12H16N2S2/c1-9(13)3-4-10(2)15-16-12-7-5-11(14)6-8-12/h3-5,7H,1-2,6,8,13-14H2/b4-3-. The molecule has 1 rings (SSSR count). The predicted octanol–water partition coefficient (Wildman–Crippen LogP) is 3.43. The molecule has 0 radical (unpaired) electrons. The summed E-state index contributed by atoms with van der Waals surface area (Å²) in [6.45, 7) is 7.50. The molecule has 16 heavy (non-hydrogen) atoms. The van der Waals surface area contributed by atoms with E-state index in [4.69, 9.17) is 11.5 Å². The smallest absolute Gasteiger partial charge is 0.0241 e. The van der Waals surface area contributed by atoms with Gasteiger partial charge in [0.1, 0.15) is 0 Å². The Morgan fingerprint density at radius 1 is 1.25 bits per heavy atom. The van der Waals surface area contributed by atoms with Gasteiger partial charge in [0.05, 0.1) is 0 Å². The molecule has 4 heteroatoms. The molecule has 86 valence electrons. The van der Waals surface area contributed by atoms with Gasteiger partial charge in [-0.3, -0.25) is 0 Å². The van der Waals surface area contributed by atoms with E-state index in [1.165, 1.54) is 4.91 Å². The van der Waals surface area contributed by atoms with Crippen molar-refractivity contribution in [1.82, 2.24) is 0 Å². The first kappa shape index (κ1) is 13.1. The van der Waals surface area contributed by atoms with E-state index in [0.29, 0.717) is 5.70 Å². The minimum absolute atomic E-state index is 0.541. The summed E-state index contributed by atoms with van der Waals surface area (Å²) in [4.78, 5) is 2.28. The van der Waals surface area contributed by atoms with Crippen LogP contribution in [0, 0.1) is 0 Å². The molecule has 0 saturated carbocycles. The Morgan fingerprint density at radius 2 is 2.00 bits per heavy atom. The molecule has 0 aromatic carbocycles. The highest BCUT2D eigenvalue weighted by Crippen LogP contribution is 2.39. The van der Waals surface area contributed by atoms with Crippen molar-refractivity contribution in [2.45, 2.75) is 12.8 Å². The van der Waals surface area contributed by atoms with Gasteiger partial charge in [0.2, 0.25) is 0 Å². The van der Waals surface area contributed by atoms with Crippen molar-refractivity contribution in [2.24, 2.45) is 11.5 Å². The van der Waals surface area contributed by atoms with Crippen molar-refractivity contribution in [2.75, 3.05) is 0 Å². The Bertz CT molecular complexity index is 378. The van der Waals surface area contributed by atoms with Crippen molar-refractivity contribution in [1.29, 1.82) is 0 Å². The van der Waals surface area contributed by atoms with Crippen molar-refractivity contribution >= 4 is 21.6 Å². The zero-order valence-electron chi connectivity index (χ0n) is 9.11. The van der Waals surface area contributed by atoms with Gasteiger partial charge in [-0.2, -0.15) is 0 Å². The highest BCUT2D eigenvalue weighted by Gasteiger charge is 2.05. The first-order chi connectivity index (χ1) is 7.58. The number of allylic oxidation sites excluding steroid dienone is 6. The van der Waals surface area contributed by atoms with E-state index in [0.717, 1.165) is 23.4 Å². The summed E-state index contributed by atoms with van der Waals surface area (Å²) in [7, 11) is 3.34. The molecule has 2 nitrogen and oxygen atoms in total. The first-order valence-corrected chi connectivity index (χ1v) is 7.04. The third-order valence-corrected chi connectivity index (χ3v) is 4.40. The SMILES string of the molecule is C=C(N)/C=C\C(=C)SSC1=CC=C(N)CC1. The van der Waals surface area contributed by atoms with Crippen LogP contribution in [0.25, 0.3) is 0 Å². The van der Waals surface area contributed by atoms with E-state index in [-0.39, 0.29) is 0 Å². The Morgan fingerprint density at radius 3 is 2.56 bits per heavy atom. The second-order valence-electron chi connectivity index (χ2n) is 3.42. The quantitative estimate of drug-likeness (QED) is 0.581. The molecule has 0 unspecified atom stereocenters. The Kier molecular flexibility index (Phi) is 5.35. The number of hydrogen-bond donors (Lipinski definition) is 2. The largest absolute Gasteiger partial charge is 0.402 e. The summed E-state index contributed by atoms with van der Waals surface area (Å²) in [5, 5.41) is 0. The summed E-state index contributed by atoms with van der Waals surface area (Å²) >= 11 is 0. The van der Waals surface area contributed by atoms with E-state index in [1.807, 2.05) is 12.2 Å². The van der Waals surface area contributed by atoms with Gasteiger partial charge in [0, 0.05) is 16.3 Å². The lowest BCUT2D eigenvalue weighted by Gasteiger charge is -2.10. The average molecular weight is 252 g/mol. The molecular formula is C12H16N2S2. The fourth-order valence-corrected chi connectivity index (χ4v) is 2.91. The van der Waals surface area contributed by atoms with Gasteiger partial charge in [-0.1, -0.05) is 40.8 Å². The van der Waals surface area contributed by atoms with Crippen LogP contribution < -0.4 is 11.5 Å². The Hall–Kier alpha value is -1.00. The van der Waals surface area contributed by atoms with Crippen LogP contribution in [-0.4, -0.2) is 0 Å². The summed E-state index contributed by atoms with van der Waals surface area (Å²) < 4.78 is 0. The third kappa shape index (κ3) is 5.19. The predicted molar refractivity (Wildman–Crippen MR) is 76.4 cm³/mol. The van der Waals surface area contributed by atoms with Gasteiger partial charge in [-0.15, -0.1) is 0 Å². The van der Waals surface area contributed by atoms with Crippen molar-refractivity contribution in [3.05, 3.63) is 58.7 Å². The maximum atomic E-state index is 5.68. The normalized spacial score (nSPS) is 15.8.